The molecule has 2 heteroatoms. The molecule has 14 heavy (non-hydrogen) atoms. The lowest BCUT2D eigenvalue weighted by Gasteiger charge is -2.16. The molecule has 0 fully saturated rings. The van der Waals surface area contributed by atoms with Crippen molar-refractivity contribution in [3.63, 3.8) is 0 Å². The van der Waals surface area contributed by atoms with Crippen molar-refractivity contribution in [3.8, 4) is 0 Å². The fraction of sp³-hybridized carbons (Fsp3) is 0.167. The predicted molar refractivity (Wildman–Crippen MR) is 58.9 cm³/mol. The number of benzene rings is 1. The lowest BCUT2D eigenvalue weighted by Crippen LogP contribution is -2.10. The first-order valence-electron chi connectivity index (χ1n) is 4.40. The van der Waals surface area contributed by atoms with Crippen LogP contribution in [0.5, 0.6) is 0 Å². The fourth-order valence-corrected chi connectivity index (χ4v) is 1.70. The molecule has 1 aliphatic carbocycles. The molecule has 0 bridgehead atoms. The van der Waals surface area contributed by atoms with Crippen LogP contribution < -0.4 is 0 Å². The van der Waals surface area contributed by atoms with E-state index in [2.05, 4.69) is 22.0 Å². The van der Waals surface area contributed by atoms with E-state index in [9.17, 15) is 4.39 Å². The first kappa shape index (κ1) is 9.66. The van der Waals surface area contributed by atoms with Gasteiger partial charge in [0.1, 0.15) is 0 Å². The summed E-state index contributed by atoms with van der Waals surface area (Å²) in [6, 6.07) is 9.96. The molecule has 0 spiro atoms. The quantitative estimate of drug-likeness (QED) is 0.527. The maximum atomic E-state index is 13.2. The Morgan fingerprint density at radius 3 is 2.57 bits per heavy atom. The third kappa shape index (κ3) is 2.13. The zero-order chi connectivity index (χ0) is 10.0. The summed E-state index contributed by atoms with van der Waals surface area (Å²) in [6.45, 7) is 0. The van der Waals surface area contributed by atoms with Crippen molar-refractivity contribution in [3.05, 3.63) is 60.2 Å². The molecule has 0 nitrogen and oxygen atoms in total. The second-order valence-corrected chi connectivity index (χ2v) is 4.38. The van der Waals surface area contributed by atoms with Crippen molar-refractivity contribution in [2.45, 2.75) is 10.5 Å². The first-order valence-corrected chi connectivity index (χ1v) is 5.20. The van der Waals surface area contributed by atoms with E-state index in [-0.39, 0.29) is 5.92 Å². The highest BCUT2D eigenvalue weighted by molar-refractivity contribution is 9.10. The molecule has 1 aliphatic rings. The van der Waals surface area contributed by atoms with Crippen LogP contribution in [0.25, 0.3) is 0 Å². The van der Waals surface area contributed by atoms with Crippen LogP contribution in [-0.4, -0.2) is 4.58 Å². The van der Waals surface area contributed by atoms with Gasteiger partial charge in [0.05, 0.1) is 0 Å². The molecule has 1 aromatic carbocycles. The highest BCUT2D eigenvalue weighted by Gasteiger charge is 2.22. The van der Waals surface area contributed by atoms with Gasteiger partial charge in [-0.15, -0.1) is 0 Å². The van der Waals surface area contributed by atoms with Gasteiger partial charge in [-0.25, -0.2) is 4.39 Å². The van der Waals surface area contributed by atoms with Gasteiger partial charge in [-0.3, -0.25) is 0 Å². The van der Waals surface area contributed by atoms with Gasteiger partial charge >= 0.3 is 0 Å². The molecule has 2 rings (SSSR count). The fourth-order valence-electron chi connectivity index (χ4n) is 1.41. The van der Waals surface area contributed by atoms with E-state index >= 15 is 0 Å². The Labute approximate surface area is 91.3 Å². The van der Waals surface area contributed by atoms with Gasteiger partial charge in [-0.2, -0.15) is 0 Å². The Bertz CT molecular complexity index is 349. The smallest absolute Gasteiger partial charge is 0.208 e. The highest BCUT2D eigenvalue weighted by atomic mass is 79.9. The normalized spacial score (nSPS) is 30.6. The molecule has 0 heterocycles. The topological polar surface area (TPSA) is 0 Å². The van der Waals surface area contributed by atoms with Gasteiger partial charge < -0.3 is 0 Å². The predicted octanol–water partition coefficient (Wildman–Crippen LogP) is 3.76. The van der Waals surface area contributed by atoms with Crippen LogP contribution in [-0.2, 0) is 0 Å². The molecule has 0 saturated heterocycles. The van der Waals surface area contributed by atoms with E-state index in [1.165, 1.54) is 6.08 Å². The summed E-state index contributed by atoms with van der Waals surface area (Å²) in [5, 5.41) is 0. The van der Waals surface area contributed by atoms with Crippen molar-refractivity contribution >= 4 is 15.9 Å². The third-order valence-corrected chi connectivity index (χ3v) is 2.65. The number of allylic oxidation sites excluding steroid dienone is 4. The summed E-state index contributed by atoms with van der Waals surface area (Å²) in [4.78, 5) is 0. The molecule has 0 amide bonds. The van der Waals surface area contributed by atoms with Crippen LogP contribution in [0.1, 0.15) is 11.5 Å². The van der Waals surface area contributed by atoms with E-state index in [0.29, 0.717) is 0 Å². The van der Waals surface area contributed by atoms with Crippen LogP contribution in [0.4, 0.5) is 4.39 Å². The molecular formula is C12H9BrF. The Balaban J connectivity index is 2.22. The maximum absolute atomic E-state index is 13.2. The molecule has 0 N–H and O–H groups in total. The largest absolute Gasteiger partial charge is 0.221 e. The summed E-state index contributed by atoms with van der Waals surface area (Å²) in [5.74, 6) is 0.137. The summed E-state index contributed by atoms with van der Waals surface area (Å²) < 4.78 is 11.7. The molecule has 71 valence electrons. The molecule has 1 aromatic rings. The number of hydrogen-bond acceptors (Lipinski definition) is 0. The average Bonchev–Trinajstić information content (AvgIpc) is 2.19. The van der Waals surface area contributed by atoms with Crippen molar-refractivity contribution in [1.29, 1.82) is 0 Å². The summed E-state index contributed by atoms with van der Waals surface area (Å²) in [7, 11) is 0. The molecule has 0 aliphatic heterocycles. The van der Waals surface area contributed by atoms with Crippen LogP contribution in [0, 0.1) is 6.08 Å². The molecule has 0 aromatic heterocycles. The highest BCUT2D eigenvalue weighted by Crippen LogP contribution is 2.31. The first-order chi connectivity index (χ1) is 6.67. The van der Waals surface area contributed by atoms with E-state index in [1.807, 2.05) is 36.4 Å². The molecule has 2 atom stereocenters. The van der Waals surface area contributed by atoms with E-state index in [4.69, 9.17) is 0 Å². The molecule has 1 radical (unpaired) electrons. The Hall–Kier alpha value is -0.890. The number of alkyl halides is 2. The zero-order valence-corrected chi connectivity index (χ0v) is 9.04. The Kier molecular flexibility index (Phi) is 2.55. The van der Waals surface area contributed by atoms with Crippen LogP contribution in [0.3, 0.4) is 0 Å². The van der Waals surface area contributed by atoms with Crippen LogP contribution in [0.15, 0.2) is 48.6 Å². The van der Waals surface area contributed by atoms with Gasteiger partial charge in [-0.1, -0.05) is 42.5 Å². The minimum absolute atomic E-state index is 0.137. The van der Waals surface area contributed by atoms with Crippen LogP contribution >= 0.6 is 15.9 Å². The molecule has 0 saturated carbocycles. The average molecular weight is 252 g/mol. The zero-order valence-electron chi connectivity index (χ0n) is 7.45. The van der Waals surface area contributed by atoms with Crippen molar-refractivity contribution in [2.24, 2.45) is 0 Å². The lowest BCUT2D eigenvalue weighted by atomic mass is 9.94. The minimum atomic E-state index is -1.59. The molecular weight excluding hydrogens is 243 g/mol. The van der Waals surface area contributed by atoms with Gasteiger partial charge in [0.2, 0.25) is 4.58 Å². The van der Waals surface area contributed by atoms with E-state index in [0.717, 1.165) is 5.56 Å². The minimum Gasteiger partial charge on any atom is -0.221 e. The SMILES string of the molecule is FC1(Br)[C]=CC(c2ccccc2)C=C1. The van der Waals surface area contributed by atoms with E-state index in [1.54, 1.807) is 6.08 Å². The third-order valence-electron chi connectivity index (χ3n) is 2.15. The van der Waals surface area contributed by atoms with Gasteiger partial charge in [0.25, 0.3) is 0 Å². The standard InChI is InChI=1S/C12H9BrF/c13-12(14)8-6-11(7-9-12)10-4-2-1-3-5-10/h1-8,11H. The maximum Gasteiger partial charge on any atom is 0.208 e. The van der Waals surface area contributed by atoms with Crippen molar-refractivity contribution < 1.29 is 4.39 Å². The van der Waals surface area contributed by atoms with Gasteiger partial charge in [0, 0.05) is 12.0 Å². The lowest BCUT2D eigenvalue weighted by molar-refractivity contribution is 0.420. The summed E-state index contributed by atoms with van der Waals surface area (Å²) >= 11 is 2.90. The molecule has 2 unspecified atom stereocenters. The van der Waals surface area contributed by atoms with Crippen LogP contribution in [0.2, 0.25) is 0 Å². The summed E-state index contributed by atoms with van der Waals surface area (Å²) in [6.07, 6.45) is 7.70. The van der Waals surface area contributed by atoms with E-state index < -0.39 is 4.58 Å². The number of rotatable bonds is 1. The van der Waals surface area contributed by atoms with Crippen molar-refractivity contribution in [1.82, 2.24) is 0 Å². The van der Waals surface area contributed by atoms with Gasteiger partial charge in [0.15, 0.2) is 0 Å². The van der Waals surface area contributed by atoms with Gasteiger partial charge in [-0.05, 0) is 27.6 Å². The number of halogens is 2. The summed E-state index contributed by atoms with van der Waals surface area (Å²) in [5.41, 5.74) is 1.15. The second-order valence-electron chi connectivity index (χ2n) is 3.23. The van der Waals surface area contributed by atoms with Crippen molar-refractivity contribution in [2.75, 3.05) is 0 Å². The Morgan fingerprint density at radius 1 is 1.29 bits per heavy atom. The second kappa shape index (κ2) is 3.70. The number of hydrogen-bond donors (Lipinski definition) is 0. The monoisotopic (exact) mass is 251 g/mol. The Morgan fingerprint density at radius 2 is 2.00 bits per heavy atom.